The third-order valence-corrected chi connectivity index (χ3v) is 1.02. The van der Waals surface area contributed by atoms with Gasteiger partial charge in [0, 0.05) is 18.5 Å². The average Bonchev–Trinajstić information content (AvgIpc) is 2.02. The van der Waals surface area contributed by atoms with Crippen molar-refractivity contribution >= 4 is 0 Å². The second-order valence-corrected chi connectivity index (χ2v) is 2.08. The summed E-state index contributed by atoms with van der Waals surface area (Å²) in [5.41, 5.74) is 0. The second kappa shape index (κ2) is 12.1. The van der Waals surface area contributed by atoms with Crippen LogP contribution < -0.4 is 0 Å². The van der Waals surface area contributed by atoms with E-state index in [9.17, 15) is 10.1 Å². The number of hydrogen-bond donors (Lipinski definition) is 1. The molecule has 0 heterocycles. The number of rotatable bonds is 4. The third kappa shape index (κ3) is 26.7. The summed E-state index contributed by atoms with van der Waals surface area (Å²) >= 11 is 0. The van der Waals surface area contributed by atoms with Crippen LogP contribution in [0.5, 0.6) is 0 Å². The van der Waals surface area contributed by atoms with Gasteiger partial charge in [0.05, 0.1) is 0 Å². The monoisotopic (exact) mass is 163 g/mol. The first-order valence-electron chi connectivity index (χ1n) is 3.91. The molecule has 0 aromatic heterocycles. The van der Waals surface area contributed by atoms with E-state index >= 15 is 0 Å². The van der Waals surface area contributed by atoms with Crippen LogP contribution in [0.2, 0.25) is 0 Å². The molecule has 0 aliphatic rings. The van der Waals surface area contributed by atoms with Gasteiger partial charge < -0.3 is 5.11 Å². The predicted octanol–water partition coefficient (Wildman–Crippen LogP) is 1.45. The molecule has 0 aromatic rings. The van der Waals surface area contributed by atoms with E-state index in [2.05, 4.69) is 6.92 Å². The van der Waals surface area contributed by atoms with Crippen molar-refractivity contribution in [2.75, 3.05) is 13.2 Å². The van der Waals surface area contributed by atoms with Crippen LogP contribution in [0.4, 0.5) is 0 Å². The molecule has 0 saturated carbocycles. The van der Waals surface area contributed by atoms with Gasteiger partial charge in [-0.25, -0.2) is 0 Å². The van der Waals surface area contributed by atoms with Crippen molar-refractivity contribution in [3.05, 3.63) is 10.1 Å². The minimum absolute atomic E-state index is 0.0278. The lowest BCUT2D eigenvalue weighted by Gasteiger charge is -1.85. The van der Waals surface area contributed by atoms with Gasteiger partial charge in [-0.1, -0.05) is 19.8 Å². The molecule has 0 amide bonds. The molecule has 0 aliphatic heterocycles. The summed E-state index contributed by atoms with van der Waals surface area (Å²) in [7, 11) is 0. The zero-order valence-electron chi connectivity index (χ0n) is 7.25. The largest absolute Gasteiger partial charge is 0.396 e. The molecule has 0 bridgehead atoms. The third-order valence-electron chi connectivity index (χ3n) is 1.02. The van der Waals surface area contributed by atoms with Gasteiger partial charge in [-0.15, -0.1) is 0 Å². The molecule has 68 valence electrons. The molecule has 0 aliphatic carbocycles. The number of nitrogens with zero attached hydrogens (tertiary/aromatic N) is 1. The number of unbranched alkanes of at least 4 members (excludes halogenated alkanes) is 2. The van der Waals surface area contributed by atoms with E-state index in [0.29, 0.717) is 6.61 Å². The minimum Gasteiger partial charge on any atom is -0.396 e. The van der Waals surface area contributed by atoms with Gasteiger partial charge in [-0.2, -0.15) is 0 Å². The quantitative estimate of drug-likeness (QED) is 0.387. The number of aliphatic hydroxyl groups excluding tert-OH is 1. The Morgan fingerprint density at radius 2 is 1.82 bits per heavy atom. The van der Waals surface area contributed by atoms with Crippen molar-refractivity contribution in [1.29, 1.82) is 0 Å². The summed E-state index contributed by atoms with van der Waals surface area (Å²) in [6, 6.07) is 0. The van der Waals surface area contributed by atoms with E-state index in [4.69, 9.17) is 5.11 Å². The maximum atomic E-state index is 9.17. The van der Waals surface area contributed by atoms with Gasteiger partial charge in [-0.05, 0) is 6.42 Å². The van der Waals surface area contributed by atoms with Crippen LogP contribution in [-0.4, -0.2) is 23.2 Å². The summed E-state index contributed by atoms with van der Waals surface area (Å²) in [4.78, 5) is 8.80. The maximum absolute atomic E-state index is 9.17. The Bertz CT molecular complexity index is 81.8. The summed E-state index contributed by atoms with van der Waals surface area (Å²) < 4.78 is 0. The zero-order valence-corrected chi connectivity index (χ0v) is 7.25. The molecule has 0 atom stereocenters. The Labute approximate surface area is 67.4 Å². The first kappa shape index (κ1) is 13.0. The molecular formula is C7H17NO3. The highest BCUT2D eigenvalue weighted by Gasteiger charge is 1.77. The fourth-order valence-electron chi connectivity index (χ4n) is 0.362. The summed E-state index contributed by atoms with van der Waals surface area (Å²) in [5, 5.41) is 17.4. The average molecular weight is 163 g/mol. The number of nitro groups is 1. The summed E-state index contributed by atoms with van der Waals surface area (Å²) in [5.74, 6) is 0. The van der Waals surface area contributed by atoms with Gasteiger partial charge in [-0.3, -0.25) is 10.1 Å². The van der Waals surface area contributed by atoms with E-state index < -0.39 is 0 Å². The Kier molecular flexibility index (Phi) is 14.3. The van der Waals surface area contributed by atoms with Crippen LogP contribution in [-0.2, 0) is 0 Å². The SMILES string of the molecule is CCCCCO.CC[N+](=O)[O-]. The molecule has 1 N–H and O–H groups in total. The molecule has 0 aromatic carbocycles. The Morgan fingerprint density at radius 1 is 1.36 bits per heavy atom. The highest BCUT2D eigenvalue weighted by molar-refractivity contribution is 4.30. The Hall–Kier alpha value is -0.640. The predicted molar refractivity (Wildman–Crippen MR) is 44.1 cm³/mol. The van der Waals surface area contributed by atoms with E-state index in [1.807, 2.05) is 0 Å². The van der Waals surface area contributed by atoms with Crippen LogP contribution >= 0.6 is 0 Å². The van der Waals surface area contributed by atoms with Crippen LogP contribution in [0, 0.1) is 10.1 Å². The van der Waals surface area contributed by atoms with E-state index in [1.54, 1.807) is 0 Å². The zero-order chi connectivity index (χ0) is 9.11. The van der Waals surface area contributed by atoms with Crippen molar-refractivity contribution in [3.63, 3.8) is 0 Å². The molecule has 11 heavy (non-hydrogen) atoms. The number of hydrogen-bond acceptors (Lipinski definition) is 3. The molecule has 0 fully saturated rings. The molecule has 0 radical (unpaired) electrons. The fourth-order valence-corrected chi connectivity index (χ4v) is 0.362. The van der Waals surface area contributed by atoms with Gasteiger partial charge in [0.15, 0.2) is 0 Å². The lowest BCUT2D eigenvalue weighted by atomic mass is 10.3. The standard InChI is InChI=1S/C5H12O.C2H5NO2/c1-2-3-4-5-6;1-2-3(4)5/h6H,2-5H2,1H3;2H2,1H3. The molecule has 4 nitrogen and oxygen atoms in total. The number of aliphatic hydroxyl groups is 1. The Balaban J connectivity index is 0. The van der Waals surface area contributed by atoms with Crippen LogP contribution in [0.15, 0.2) is 0 Å². The van der Waals surface area contributed by atoms with Crippen LogP contribution in [0.25, 0.3) is 0 Å². The molecule has 0 saturated heterocycles. The van der Waals surface area contributed by atoms with Crippen molar-refractivity contribution < 1.29 is 10.0 Å². The van der Waals surface area contributed by atoms with Crippen LogP contribution in [0.3, 0.4) is 0 Å². The molecule has 0 rings (SSSR count). The van der Waals surface area contributed by atoms with Gasteiger partial charge in [0.25, 0.3) is 0 Å². The lowest BCUT2D eigenvalue weighted by Crippen LogP contribution is -1.92. The van der Waals surface area contributed by atoms with Gasteiger partial charge in [0.1, 0.15) is 0 Å². The van der Waals surface area contributed by atoms with Crippen molar-refractivity contribution in [1.82, 2.24) is 0 Å². The highest BCUT2D eigenvalue weighted by Crippen LogP contribution is 1.89. The van der Waals surface area contributed by atoms with Gasteiger partial charge >= 0.3 is 0 Å². The fraction of sp³-hybridized carbons (Fsp3) is 1.00. The Morgan fingerprint density at radius 3 is 1.91 bits per heavy atom. The first-order chi connectivity index (χ1) is 5.18. The maximum Gasteiger partial charge on any atom is 0.201 e. The minimum atomic E-state index is -0.375. The summed E-state index contributed by atoms with van der Waals surface area (Å²) in [6.07, 6.45) is 3.33. The van der Waals surface area contributed by atoms with Crippen LogP contribution in [0.1, 0.15) is 33.1 Å². The van der Waals surface area contributed by atoms with Crippen molar-refractivity contribution in [2.24, 2.45) is 0 Å². The first-order valence-corrected chi connectivity index (χ1v) is 3.91. The van der Waals surface area contributed by atoms with E-state index in [-0.39, 0.29) is 11.5 Å². The molecule has 0 spiro atoms. The molecule has 0 unspecified atom stereocenters. The normalized spacial score (nSPS) is 8.27. The second-order valence-electron chi connectivity index (χ2n) is 2.08. The van der Waals surface area contributed by atoms with Gasteiger partial charge in [0.2, 0.25) is 6.54 Å². The highest BCUT2D eigenvalue weighted by atomic mass is 16.6. The smallest absolute Gasteiger partial charge is 0.201 e. The van der Waals surface area contributed by atoms with E-state index in [1.165, 1.54) is 13.3 Å². The molecular weight excluding hydrogens is 146 g/mol. The molecule has 4 heteroatoms. The lowest BCUT2D eigenvalue weighted by molar-refractivity contribution is -0.475. The van der Waals surface area contributed by atoms with Crippen molar-refractivity contribution in [2.45, 2.75) is 33.1 Å². The van der Waals surface area contributed by atoms with Crippen molar-refractivity contribution in [3.8, 4) is 0 Å². The van der Waals surface area contributed by atoms with E-state index in [0.717, 1.165) is 12.8 Å². The summed E-state index contributed by atoms with van der Waals surface area (Å²) in [6.45, 7) is 4.00. The topological polar surface area (TPSA) is 63.4 Å².